The molecule has 0 aliphatic carbocycles. The number of phenols is 1. The van der Waals surface area contributed by atoms with Crippen molar-refractivity contribution >= 4 is 46.5 Å². The molecule has 0 atom stereocenters. The van der Waals surface area contributed by atoms with E-state index in [-0.39, 0.29) is 33.8 Å². The minimum Gasteiger partial charge on any atom is -0.506 e. The number of rotatable bonds is 4. The number of urea groups is 1. The first-order chi connectivity index (χ1) is 10.8. The number of hydrogen-bond acceptors (Lipinski definition) is 3. The molecule has 0 spiro atoms. The minimum absolute atomic E-state index is 0.0357. The van der Waals surface area contributed by atoms with E-state index in [4.69, 9.17) is 28.9 Å². The summed E-state index contributed by atoms with van der Waals surface area (Å²) in [6.45, 7) is 0. The Hall–Kier alpha value is -2.44. The van der Waals surface area contributed by atoms with Gasteiger partial charge in [0.2, 0.25) is 5.91 Å². The standard InChI is InChI=1S/C15H13Cl2N3O3/c16-10-6-12(13(21)7-11(10)17)20-14(22)5-8-2-1-3-9(4-8)19-15(18)23/h1-4,6-7,21H,5H2,(H,20,22)(H3,18,19,23). The molecule has 8 heteroatoms. The lowest BCUT2D eigenvalue weighted by Gasteiger charge is -2.09. The second kappa shape index (κ2) is 7.21. The molecule has 0 unspecified atom stereocenters. The molecule has 0 bridgehead atoms. The van der Waals surface area contributed by atoms with Gasteiger partial charge in [-0.15, -0.1) is 0 Å². The van der Waals surface area contributed by atoms with Gasteiger partial charge in [0.05, 0.1) is 22.2 Å². The highest BCUT2D eigenvalue weighted by atomic mass is 35.5. The van der Waals surface area contributed by atoms with Crippen LogP contribution < -0.4 is 16.4 Å². The van der Waals surface area contributed by atoms with Crippen molar-refractivity contribution in [1.29, 1.82) is 0 Å². The third-order valence-corrected chi connectivity index (χ3v) is 3.59. The fraction of sp³-hybridized carbons (Fsp3) is 0.0667. The average molecular weight is 354 g/mol. The van der Waals surface area contributed by atoms with Gasteiger partial charge < -0.3 is 21.5 Å². The van der Waals surface area contributed by atoms with Crippen LogP contribution in [0.3, 0.4) is 0 Å². The maximum absolute atomic E-state index is 12.1. The quantitative estimate of drug-likeness (QED) is 0.633. The largest absolute Gasteiger partial charge is 0.506 e. The number of halogens is 2. The highest BCUT2D eigenvalue weighted by molar-refractivity contribution is 6.42. The lowest BCUT2D eigenvalue weighted by Crippen LogP contribution is -2.19. The molecular weight excluding hydrogens is 341 g/mol. The summed E-state index contributed by atoms with van der Waals surface area (Å²) in [4.78, 5) is 22.9. The number of aromatic hydroxyl groups is 1. The molecule has 2 rings (SSSR count). The number of primary amides is 1. The zero-order chi connectivity index (χ0) is 17.0. The van der Waals surface area contributed by atoms with E-state index >= 15 is 0 Å². The topological polar surface area (TPSA) is 104 Å². The summed E-state index contributed by atoms with van der Waals surface area (Å²) in [5, 5.41) is 15.1. The Labute approximate surface area is 142 Å². The summed E-state index contributed by atoms with van der Waals surface area (Å²) in [5.41, 5.74) is 6.35. The van der Waals surface area contributed by atoms with Crippen molar-refractivity contribution in [3.63, 3.8) is 0 Å². The van der Waals surface area contributed by atoms with E-state index in [0.29, 0.717) is 11.3 Å². The Balaban J connectivity index is 2.08. The zero-order valence-electron chi connectivity index (χ0n) is 11.8. The van der Waals surface area contributed by atoms with Crippen LogP contribution in [-0.4, -0.2) is 17.0 Å². The van der Waals surface area contributed by atoms with Crippen LogP contribution >= 0.6 is 23.2 Å². The first-order valence-electron chi connectivity index (χ1n) is 6.48. The molecule has 23 heavy (non-hydrogen) atoms. The number of carbonyl (C=O) groups excluding carboxylic acids is 2. The lowest BCUT2D eigenvalue weighted by atomic mass is 10.1. The van der Waals surface area contributed by atoms with Crippen molar-refractivity contribution in [3.8, 4) is 5.75 Å². The van der Waals surface area contributed by atoms with Gasteiger partial charge in [-0.3, -0.25) is 4.79 Å². The number of anilines is 2. The number of carbonyl (C=O) groups is 2. The Morgan fingerprint density at radius 1 is 1.09 bits per heavy atom. The fourth-order valence-corrected chi connectivity index (χ4v) is 2.24. The summed E-state index contributed by atoms with van der Waals surface area (Å²) in [6.07, 6.45) is 0.0357. The molecule has 0 heterocycles. The highest BCUT2D eigenvalue weighted by Gasteiger charge is 2.11. The van der Waals surface area contributed by atoms with Crippen LogP contribution in [-0.2, 0) is 11.2 Å². The van der Waals surface area contributed by atoms with E-state index in [1.807, 2.05) is 0 Å². The third kappa shape index (κ3) is 4.77. The molecule has 6 nitrogen and oxygen atoms in total. The van der Waals surface area contributed by atoms with E-state index in [1.165, 1.54) is 12.1 Å². The van der Waals surface area contributed by atoms with Gasteiger partial charge >= 0.3 is 6.03 Å². The number of nitrogens with two attached hydrogens (primary N) is 1. The Kier molecular flexibility index (Phi) is 5.31. The molecule has 3 amide bonds. The molecule has 0 saturated carbocycles. The third-order valence-electron chi connectivity index (χ3n) is 2.87. The van der Waals surface area contributed by atoms with Gasteiger partial charge in [-0.1, -0.05) is 35.3 Å². The Morgan fingerprint density at radius 2 is 1.78 bits per heavy atom. The lowest BCUT2D eigenvalue weighted by molar-refractivity contribution is -0.115. The van der Waals surface area contributed by atoms with Crippen LogP contribution in [0.2, 0.25) is 10.0 Å². The molecule has 0 aromatic heterocycles. The summed E-state index contributed by atoms with van der Waals surface area (Å²) in [6, 6.07) is 8.60. The summed E-state index contributed by atoms with van der Waals surface area (Å²) < 4.78 is 0. The van der Waals surface area contributed by atoms with Crippen molar-refractivity contribution in [1.82, 2.24) is 0 Å². The molecule has 120 valence electrons. The Bertz CT molecular complexity index is 766. The van der Waals surface area contributed by atoms with Crippen LogP contribution in [0, 0.1) is 0 Å². The van der Waals surface area contributed by atoms with E-state index < -0.39 is 6.03 Å². The molecule has 0 fully saturated rings. The van der Waals surface area contributed by atoms with Gasteiger partial charge in [0, 0.05) is 11.8 Å². The van der Waals surface area contributed by atoms with Gasteiger partial charge in [-0.25, -0.2) is 4.79 Å². The number of hydrogen-bond donors (Lipinski definition) is 4. The number of amides is 3. The molecule has 2 aromatic rings. The maximum atomic E-state index is 12.1. The first-order valence-corrected chi connectivity index (χ1v) is 7.24. The fourth-order valence-electron chi connectivity index (χ4n) is 1.92. The normalized spacial score (nSPS) is 10.2. The van der Waals surface area contributed by atoms with Gasteiger partial charge in [0.15, 0.2) is 0 Å². The molecular formula is C15H13Cl2N3O3. The highest BCUT2D eigenvalue weighted by Crippen LogP contribution is 2.33. The Morgan fingerprint density at radius 3 is 2.48 bits per heavy atom. The minimum atomic E-state index is -0.688. The van der Waals surface area contributed by atoms with Crippen LogP contribution in [0.25, 0.3) is 0 Å². The van der Waals surface area contributed by atoms with Crippen molar-refractivity contribution < 1.29 is 14.7 Å². The van der Waals surface area contributed by atoms with E-state index in [0.717, 1.165) is 0 Å². The number of phenolic OH excluding ortho intramolecular Hbond substituents is 1. The monoisotopic (exact) mass is 353 g/mol. The summed E-state index contributed by atoms with van der Waals surface area (Å²) in [7, 11) is 0. The van der Waals surface area contributed by atoms with Crippen LogP contribution in [0.5, 0.6) is 5.75 Å². The SMILES string of the molecule is NC(=O)Nc1cccc(CC(=O)Nc2cc(Cl)c(Cl)cc2O)c1. The first kappa shape index (κ1) is 16.9. The average Bonchev–Trinajstić information content (AvgIpc) is 2.44. The van der Waals surface area contributed by atoms with Gasteiger partial charge in [0.1, 0.15) is 5.75 Å². The maximum Gasteiger partial charge on any atom is 0.316 e. The number of nitrogens with one attached hydrogen (secondary N) is 2. The van der Waals surface area contributed by atoms with Crippen molar-refractivity contribution in [2.24, 2.45) is 5.73 Å². The van der Waals surface area contributed by atoms with Gasteiger partial charge in [-0.2, -0.15) is 0 Å². The second-order valence-electron chi connectivity index (χ2n) is 4.70. The van der Waals surface area contributed by atoms with Gasteiger partial charge in [-0.05, 0) is 23.8 Å². The smallest absolute Gasteiger partial charge is 0.316 e. The number of benzene rings is 2. The molecule has 0 radical (unpaired) electrons. The second-order valence-corrected chi connectivity index (χ2v) is 5.51. The van der Waals surface area contributed by atoms with Gasteiger partial charge in [0.25, 0.3) is 0 Å². The van der Waals surface area contributed by atoms with Crippen molar-refractivity contribution in [2.75, 3.05) is 10.6 Å². The summed E-state index contributed by atoms with van der Waals surface area (Å²) >= 11 is 11.6. The predicted octanol–water partition coefficient (Wildman–Crippen LogP) is 3.37. The molecule has 0 aliphatic heterocycles. The van der Waals surface area contributed by atoms with E-state index in [2.05, 4.69) is 10.6 Å². The van der Waals surface area contributed by atoms with Crippen molar-refractivity contribution in [2.45, 2.75) is 6.42 Å². The van der Waals surface area contributed by atoms with E-state index in [1.54, 1.807) is 24.3 Å². The zero-order valence-corrected chi connectivity index (χ0v) is 13.3. The summed E-state index contributed by atoms with van der Waals surface area (Å²) in [5.74, 6) is -0.549. The molecule has 0 saturated heterocycles. The molecule has 0 aliphatic rings. The van der Waals surface area contributed by atoms with Crippen LogP contribution in [0.15, 0.2) is 36.4 Å². The van der Waals surface area contributed by atoms with Crippen molar-refractivity contribution in [3.05, 3.63) is 52.0 Å². The van der Waals surface area contributed by atoms with E-state index in [9.17, 15) is 14.7 Å². The predicted molar refractivity (Wildman–Crippen MR) is 90.1 cm³/mol. The van der Waals surface area contributed by atoms with Crippen LogP contribution in [0.4, 0.5) is 16.2 Å². The van der Waals surface area contributed by atoms with Crippen LogP contribution in [0.1, 0.15) is 5.56 Å². The molecule has 2 aromatic carbocycles. The molecule has 5 N–H and O–H groups in total.